The van der Waals surface area contributed by atoms with E-state index in [1.807, 2.05) is 0 Å². The van der Waals surface area contributed by atoms with Gasteiger partial charge in [-0.2, -0.15) is 8.78 Å². The summed E-state index contributed by atoms with van der Waals surface area (Å²) in [7, 11) is 0. The van der Waals surface area contributed by atoms with Crippen molar-refractivity contribution < 1.29 is 28.5 Å². The van der Waals surface area contributed by atoms with E-state index in [-0.39, 0.29) is 24.6 Å². The second-order valence-electron chi connectivity index (χ2n) is 7.53. The molecule has 3 rings (SSSR count). The number of rotatable bonds is 11. The lowest BCUT2D eigenvalue weighted by Gasteiger charge is -2.15. The molecule has 3 aromatic rings. The first-order valence-corrected chi connectivity index (χ1v) is 10.4. The molecule has 0 saturated heterocycles. The minimum atomic E-state index is -2.87. The molecule has 33 heavy (non-hydrogen) atoms. The molecule has 7 nitrogen and oxygen atoms in total. The van der Waals surface area contributed by atoms with Crippen LogP contribution < -0.4 is 10.1 Å². The van der Waals surface area contributed by atoms with Crippen LogP contribution in [0.2, 0.25) is 0 Å². The number of aliphatic hydroxyl groups is 2. The van der Waals surface area contributed by atoms with E-state index in [4.69, 9.17) is 0 Å². The van der Waals surface area contributed by atoms with Gasteiger partial charge in [-0.25, -0.2) is 9.97 Å². The van der Waals surface area contributed by atoms with Crippen molar-refractivity contribution in [1.82, 2.24) is 9.97 Å². The molecule has 0 aliphatic rings. The topological polar surface area (TPSA) is 105 Å². The van der Waals surface area contributed by atoms with Crippen LogP contribution in [0.3, 0.4) is 0 Å². The number of aromatic nitrogens is 2. The van der Waals surface area contributed by atoms with Crippen LogP contribution in [0, 0.1) is 0 Å². The van der Waals surface area contributed by atoms with E-state index in [0.29, 0.717) is 29.2 Å². The van der Waals surface area contributed by atoms with Crippen LogP contribution in [-0.4, -0.2) is 45.3 Å². The van der Waals surface area contributed by atoms with Crippen molar-refractivity contribution in [2.24, 2.45) is 0 Å². The van der Waals surface area contributed by atoms with Crippen LogP contribution >= 0.6 is 0 Å². The third kappa shape index (κ3) is 7.03. The number of nitrogens with zero attached hydrogens (tertiary/aromatic N) is 2. The number of alkyl halides is 2. The zero-order valence-electron chi connectivity index (χ0n) is 18.0. The number of aliphatic hydroxyl groups excluding tert-OH is 2. The van der Waals surface area contributed by atoms with Gasteiger partial charge in [0.1, 0.15) is 11.5 Å². The Morgan fingerprint density at radius 1 is 1.03 bits per heavy atom. The largest absolute Gasteiger partial charge is 0.435 e. The molecule has 0 aliphatic carbocycles. The lowest BCUT2D eigenvalue weighted by Crippen LogP contribution is -2.18. The number of ketones is 1. The molecule has 0 fully saturated rings. The van der Waals surface area contributed by atoms with Crippen LogP contribution in [0.5, 0.6) is 5.75 Å². The Hall–Kier alpha value is -3.43. The Balaban J connectivity index is 1.62. The monoisotopic (exact) mass is 457 g/mol. The standard InChI is InChI=1S/C24H25F2N3O4/c1-15(31)2-11-22(32)21(14-30)17-3-7-19(8-4-17)29-24-27-12-18(13-28-24)16-5-9-20(10-6-16)33-23(25)26/h3-10,12-13,15,21,23,30-31H,2,11,14H2,1H3,(H,27,28,29)/t15-,21+/m0/s1. The molecule has 174 valence electrons. The quantitative estimate of drug-likeness (QED) is 0.394. The van der Waals surface area contributed by atoms with Gasteiger partial charge in [0.2, 0.25) is 5.95 Å². The average Bonchev–Trinajstić information content (AvgIpc) is 2.80. The first kappa shape index (κ1) is 24.2. The molecule has 0 bridgehead atoms. The van der Waals surface area contributed by atoms with Crippen molar-refractivity contribution in [2.75, 3.05) is 11.9 Å². The van der Waals surface area contributed by atoms with Gasteiger partial charge in [0.25, 0.3) is 0 Å². The maximum Gasteiger partial charge on any atom is 0.387 e. The van der Waals surface area contributed by atoms with Crippen LogP contribution in [0.1, 0.15) is 31.2 Å². The van der Waals surface area contributed by atoms with Crippen LogP contribution in [-0.2, 0) is 4.79 Å². The summed E-state index contributed by atoms with van der Waals surface area (Å²) in [4.78, 5) is 20.9. The highest BCUT2D eigenvalue weighted by atomic mass is 19.3. The second-order valence-corrected chi connectivity index (χ2v) is 7.53. The maximum atomic E-state index is 12.3. The van der Waals surface area contributed by atoms with Crippen molar-refractivity contribution in [3.05, 3.63) is 66.5 Å². The van der Waals surface area contributed by atoms with Gasteiger partial charge in [-0.3, -0.25) is 4.79 Å². The third-order valence-corrected chi connectivity index (χ3v) is 5.01. The molecule has 2 aromatic carbocycles. The predicted octanol–water partition coefficient (Wildman–Crippen LogP) is 4.29. The number of benzene rings is 2. The molecule has 1 aromatic heterocycles. The summed E-state index contributed by atoms with van der Waals surface area (Å²) in [5.74, 6) is -0.321. The molecule has 9 heteroatoms. The zero-order valence-corrected chi connectivity index (χ0v) is 18.0. The summed E-state index contributed by atoms with van der Waals surface area (Å²) >= 11 is 0. The lowest BCUT2D eigenvalue weighted by molar-refractivity contribution is -0.121. The second kappa shape index (κ2) is 11.4. The van der Waals surface area contributed by atoms with E-state index in [2.05, 4.69) is 20.0 Å². The zero-order chi connectivity index (χ0) is 23.8. The van der Waals surface area contributed by atoms with Gasteiger partial charge in [0.05, 0.1) is 18.6 Å². The van der Waals surface area contributed by atoms with Crippen LogP contribution in [0.25, 0.3) is 11.1 Å². The SMILES string of the molecule is C[C@H](O)CCC(=O)[C@H](CO)c1ccc(Nc2ncc(-c3ccc(OC(F)F)cc3)cn2)cc1. The lowest BCUT2D eigenvalue weighted by atomic mass is 9.92. The predicted molar refractivity (Wildman–Crippen MR) is 120 cm³/mol. The van der Waals surface area contributed by atoms with Crippen molar-refractivity contribution in [3.63, 3.8) is 0 Å². The van der Waals surface area contributed by atoms with Crippen molar-refractivity contribution >= 4 is 17.4 Å². The summed E-state index contributed by atoms with van der Waals surface area (Å²) < 4.78 is 28.9. The van der Waals surface area contributed by atoms with E-state index >= 15 is 0 Å². The highest BCUT2D eigenvalue weighted by Gasteiger charge is 2.20. The minimum Gasteiger partial charge on any atom is -0.435 e. The summed E-state index contributed by atoms with van der Waals surface area (Å²) in [6.45, 7) is -1.55. The first-order valence-electron chi connectivity index (χ1n) is 10.4. The average molecular weight is 457 g/mol. The maximum absolute atomic E-state index is 12.3. The number of nitrogens with one attached hydrogen (secondary N) is 1. The fraction of sp³-hybridized carbons (Fsp3) is 0.292. The van der Waals surface area contributed by atoms with Crippen molar-refractivity contribution in [1.29, 1.82) is 0 Å². The van der Waals surface area contributed by atoms with Gasteiger partial charge in [-0.1, -0.05) is 24.3 Å². The van der Waals surface area contributed by atoms with E-state index in [0.717, 1.165) is 5.56 Å². The first-order chi connectivity index (χ1) is 15.9. The number of carbonyl (C=O) groups is 1. The molecule has 0 spiro atoms. The minimum absolute atomic E-state index is 0.0736. The Morgan fingerprint density at radius 2 is 1.67 bits per heavy atom. The number of ether oxygens (including phenoxy) is 1. The molecule has 0 radical (unpaired) electrons. The highest BCUT2D eigenvalue weighted by molar-refractivity contribution is 5.86. The molecule has 1 heterocycles. The molecule has 2 atom stereocenters. The summed E-state index contributed by atoms with van der Waals surface area (Å²) in [6.07, 6.45) is 3.20. The number of carbonyl (C=O) groups excluding carboxylic acids is 1. The summed E-state index contributed by atoms with van der Waals surface area (Å²) in [6, 6.07) is 13.2. The van der Waals surface area contributed by atoms with E-state index in [1.165, 1.54) is 12.1 Å². The number of Topliss-reactive ketones (excluding diaryl/α,β-unsaturated/α-hetero) is 1. The van der Waals surface area contributed by atoms with Gasteiger partial charge in [-0.05, 0) is 48.7 Å². The Labute approximate surface area is 190 Å². The van der Waals surface area contributed by atoms with Gasteiger partial charge >= 0.3 is 6.61 Å². The summed E-state index contributed by atoms with van der Waals surface area (Å²) in [5.41, 5.74) is 2.85. The van der Waals surface area contributed by atoms with E-state index < -0.39 is 18.6 Å². The third-order valence-electron chi connectivity index (χ3n) is 5.01. The summed E-state index contributed by atoms with van der Waals surface area (Å²) in [5, 5.41) is 22.1. The number of halogens is 2. The Bertz CT molecular complexity index is 1030. The smallest absolute Gasteiger partial charge is 0.387 e. The fourth-order valence-electron chi connectivity index (χ4n) is 3.22. The number of hydrogen-bond acceptors (Lipinski definition) is 7. The molecular formula is C24H25F2N3O4. The van der Waals surface area contributed by atoms with Gasteiger partial charge in [0, 0.05) is 30.1 Å². The molecule has 0 amide bonds. The molecule has 0 saturated carbocycles. The molecule has 3 N–H and O–H groups in total. The van der Waals surface area contributed by atoms with Gasteiger partial charge < -0.3 is 20.3 Å². The normalized spacial score (nSPS) is 12.9. The van der Waals surface area contributed by atoms with E-state index in [9.17, 15) is 23.8 Å². The van der Waals surface area contributed by atoms with Gasteiger partial charge in [0.15, 0.2) is 0 Å². The molecule has 0 aliphatic heterocycles. The molecule has 0 unspecified atom stereocenters. The van der Waals surface area contributed by atoms with E-state index in [1.54, 1.807) is 55.7 Å². The highest BCUT2D eigenvalue weighted by Crippen LogP contribution is 2.25. The Morgan fingerprint density at radius 3 is 2.21 bits per heavy atom. The van der Waals surface area contributed by atoms with Crippen molar-refractivity contribution in [2.45, 2.75) is 38.4 Å². The number of anilines is 2. The van der Waals surface area contributed by atoms with Crippen molar-refractivity contribution in [3.8, 4) is 16.9 Å². The number of hydrogen-bond donors (Lipinski definition) is 3. The van der Waals surface area contributed by atoms with Gasteiger partial charge in [-0.15, -0.1) is 0 Å². The molecular weight excluding hydrogens is 432 g/mol. The van der Waals surface area contributed by atoms with Crippen LogP contribution in [0.15, 0.2) is 60.9 Å². The van der Waals surface area contributed by atoms with Crippen LogP contribution in [0.4, 0.5) is 20.4 Å². The Kier molecular flexibility index (Phi) is 8.39. The fourth-order valence-corrected chi connectivity index (χ4v) is 3.22.